The molecule has 0 radical (unpaired) electrons. The Labute approximate surface area is 169 Å². The third-order valence-electron chi connectivity index (χ3n) is 5.44. The van der Waals surface area contributed by atoms with Gasteiger partial charge in [0.2, 0.25) is 5.89 Å². The molecule has 1 aromatic heterocycles. The van der Waals surface area contributed by atoms with Crippen molar-refractivity contribution >= 4 is 5.97 Å². The molecule has 2 heterocycles. The van der Waals surface area contributed by atoms with E-state index in [2.05, 4.69) is 9.88 Å². The number of benzene rings is 2. The maximum Gasteiger partial charge on any atom is 0.337 e. The molecule has 1 aliphatic rings. The van der Waals surface area contributed by atoms with Gasteiger partial charge in [-0.3, -0.25) is 4.90 Å². The van der Waals surface area contributed by atoms with E-state index in [1.165, 1.54) is 13.2 Å². The van der Waals surface area contributed by atoms with Crippen LogP contribution >= 0.6 is 0 Å². The zero-order chi connectivity index (χ0) is 20.4. The van der Waals surface area contributed by atoms with Gasteiger partial charge in [-0.1, -0.05) is 18.2 Å². The third kappa shape index (κ3) is 4.07. The Morgan fingerprint density at radius 3 is 2.72 bits per heavy atom. The smallest absolute Gasteiger partial charge is 0.337 e. The first kappa shape index (κ1) is 19.3. The zero-order valence-corrected chi connectivity index (χ0v) is 16.5. The SMILES string of the molecule is COC(=O)c1ccc(-c2nc(CN3CCC(c4ccccc4F)C3)c(C)o2)cc1. The Kier molecular flexibility index (Phi) is 5.45. The van der Waals surface area contributed by atoms with E-state index in [1.807, 2.05) is 19.1 Å². The monoisotopic (exact) mass is 394 g/mol. The molecule has 1 atom stereocenters. The summed E-state index contributed by atoms with van der Waals surface area (Å²) in [5, 5.41) is 0. The number of nitrogens with zero attached hydrogens (tertiary/aromatic N) is 2. The number of halogens is 1. The number of esters is 1. The van der Waals surface area contributed by atoms with Crippen molar-refractivity contribution in [3.63, 3.8) is 0 Å². The second-order valence-electron chi connectivity index (χ2n) is 7.33. The van der Waals surface area contributed by atoms with E-state index in [0.29, 0.717) is 18.0 Å². The predicted octanol–water partition coefficient (Wildman–Crippen LogP) is 4.57. The molecule has 0 N–H and O–H groups in total. The highest BCUT2D eigenvalue weighted by Crippen LogP contribution is 2.31. The van der Waals surface area contributed by atoms with Crippen LogP contribution in [0.3, 0.4) is 0 Å². The van der Waals surface area contributed by atoms with Gasteiger partial charge in [0.1, 0.15) is 11.6 Å². The lowest BCUT2D eigenvalue weighted by Gasteiger charge is -2.15. The molecule has 150 valence electrons. The maximum atomic E-state index is 14.1. The highest BCUT2D eigenvalue weighted by molar-refractivity contribution is 5.89. The minimum atomic E-state index is -0.376. The molecular formula is C23H23FN2O3. The second kappa shape index (κ2) is 8.17. The Balaban J connectivity index is 1.45. The van der Waals surface area contributed by atoms with Gasteiger partial charge in [0.25, 0.3) is 0 Å². The average molecular weight is 394 g/mol. The van der Waals surface area contributed by atoms with Gasteiger partial charge in [-0.25, -0.2) is 14.2 Å². The summed E-state index contributed by atoms with van der Waals surface area (Å²) in [5.41, 5.74) is 2.96. The van der Waals surface area contributed by atoms with Gasteiger partial charge >= 0.3 is 5.97 Å². The molecule has 0 bridgehead atoms. The van der Waals surface area contributed by atoms with Gasteiger partial charge < -0.3 is 9.15 Å². The van der Waals surface area contributed by atoms with Crippen LogP contribution in [0.2, 0.25) is 0 Å². The Bertz CT molecular complexity index is 1010. The van der Waals surface area contributed by atoms with Gasteiger partial charge in [-0.15, -0.1) is 0 Å². The molecule has 1 saturated heterocycles. The summed E-state index contributed by atoms with van der Waals surface area (Å²) < 4.78 is 24.7. The number of rotatable bonds is 5. The predicted molar refractivity (Wildman–Crippen MR) is 107 cm³/mol. The number of carbonyl (C=O) groups is 1. The lowest BCUT2D eigenvalue weighted by Crippen LogP contribution is -2.20. The molecule has 3 aromatic rings. The molecule has 5 nitrogen and oxygen atoms in total. The quantitative estimate of drug-likeness (QED) is 0.594. The van der Waals surface area contributed by atoms with Crippen molar-refractivity contribution < 1.29 is 18.3 Å². The van der Waals surface area contributed by atoms with Gasteiger partial charge in [0, 0.05) is 24.6 Å². The molecule has 6 heteroatoms. The molecule has 0 saturated carbocycles. The second-order valence-corrected chi connectivity index (χ2v) is 7.33. The summed E-state index contributed by atoms with van der Waals surface area (Å²) in [6, 6.07) is 14.0. The van der Waals surface area contributed by atoms with Crippen LogP contribution in [0, 0.1) is 12.7 Å². The molecule has 29 heavy (non-hydrogen) atoms. The summed E-state index contributed by atoms with van der Waals surface area (Å²) in [7, 11) is 1.36. The van der Waals surface area contributed by atoms with Crippen molar-refractivity contribution in [3.05, 3.63) is 76.9 Å². The van der Waals surface area contributed by atoms with E-state index in [0.717, 1.165) is 42.1 Å². The first-order valence-corrected chi connectivity index (χ1v) is 9.67. The van der Waals surface area contributed by atoms with Crippen LogP contribution in [0.5, 0.6) is 0 Å². The number of likely N-dealkylation sites (tertiary alicyclic amines) is 1. The van der Waals surface area contributed by atoms with Crippen molar-refractivity contribution in [1.29, 1.82) is 0 Å². The highest BCUT2D eigenvalue weighted by Gasteiger charge is 2.27. The van der Waals surface area contributed by atoms with Gasteiger partial charge in [-0.05, 0) is 55.8 Å². The lowest BCUT2D eigenvalue weighted by atomic mass is 9.98. The van der Waals surface area contributed by atoms with Crippen LogP contribution in [0.1, 0.15) is 39.7 Å². The summed E-state index contributed by atoms with van der Waals surface area (Å²) in [6.07, 6.45) is 0.930. The minimum Gasteiger partial charge on any atom is -0.465 e. The van der Waals surface area contributed by atoms with Crippen molar-refractivity contribution in [2.45, 2.75) is 25.8 Å². The molecule has 0 spiro atoms. The zero-order valence-electron chi connectivity index (χ0n) is 16.5. The van der Waals surface area contributed by atoms with E-state index in [4.69, 9.17) is 9.15 Å². The van der Waals surface area contributed by atoms with E-state index < -0.39 is 0 Å². The molecule has 1 unspecified atom stereocenters. The molecule has 0 aliphatic carbocycles. The molecular weight excluding hydrogens is 371 g/mol. The van der Waals surface area contributed by atoms with Gasteiger partial charge in [0.15, 0.2) is 0 Å². The molecule has 1 fully saturated rings. The minimum absolute atomic E-state index is 0.130. The number of methoxy groups -OCH3 is 1. The van der Waals surface area contributed by atoms with Crippen molar-refractivity contribution in [3.8, 4) is 11.5 Å². The average Bonchev–Trinajstić information content (AvgIpc) is 3.35. The van der Waals surface area contributed by atoms with Crippen LogP contribution in [-0.2, 0) is 11.3 Å². The molecule has 0 amide bonds. The number of aryl methyl sites for hydroxylation is 1. The fourth-order valence-corrected chi connectivity index (χ4v) is 3.81. The van der Waals surface area contributed by atoms with Gasteiger partial charge in [0.05, 0.1) is 18.4 Å². The third-order valence-corrected chi connectivity index (χ3v) is 5.44. The van der Waals surface area contributed by atoms with Gasteiger partial charge in [-0.2, -0.15) is 0 Å². The summed E-state index contributed by atoms with van der Waals surface area (Å²) >= 11 is 0. The first-order valence-electron chi connectivity index (χ1n) is 9.67. The van der Waals surface area contributed by atoms with Crippen LogP contribution in [0.4, 0.5) is 4.39 Å². The summed E-state index contributed by atoms with van der Waals surface area (Å²) in [5.74, 6) is 0.993. The van der Waals surface area contributed by atoms with E-state index in [1.54, 1.807) is 30.3 Å². The number of hydrogen-bond donors (Lipinski definition) is 0. The van der Waals surface area contributed by atoms with E-state index >= 15 is 0 Å². The largest absolute Gasteiger partial charge is 0.465 e. The number of ether oxygens (including phenoxy) is 1. The number of hydrogen-bond acceptors (Lipinski definition) is 5. The molecule has 2 aromatic carbocycles. The van der Waals surface area contributed by atoms with Crippen molar-refractivity contribution in [2.75, 3.05) is 20.2 Å². The first-order chi connectivity index (χ1) is 14.0. The van der Waals surface area contributed by atoms with Crippen LogP contribution in [0.25, 0.3) is 11.5 Å². The topological polar surface area (TPSA) is 55.6 Å². The summed E-state index contributed by atoms with van der Waals surface area (Å²) in [4.78, 5) is 18.5. The Hall–Kier alpha value is -2.99. The van der Waals surface area contributed by atoms with Crippen molar-refractivity contribution in [2.24, 2.45) is 0 Å². The molecule has 1 aliphatic heterocycles. The number of oxazole rings is 1. The van der Waals surface area contributed by atoms with Crippen LogP contribution < -0.4 is 0 Å². The number of carbonyl (C=O) groups excluding carboxylic acids is 1. The lowest BCUT2D eigenvalue weighted by molar-refractivity contribution is 0.0600. The Morgan fingerprint density at radius 2 is 2.00 bits per heavy atom. The standard InChI is InChI=1S/C23H23FN2O3/c1-15-21(14-26-12-11-18(13-26)19-5-3-4-6-20(19)24)25-22(29-15)16-7-9-17(10-8-16)23(27)28-2/h3-10,18H,11-14H2,1-2H3. The fraction of sp³-hybridized carbons (Fsp3) is 0.304. The summed E-state index contributed by atoms with van der Waals surface area (Å²) in [6.45, 7) is 4.27. The maximum absolute atomic E-state index is 14.1. The normalized spacial score (nSPS) is 16.9. The highest BCUT2D eigenvalue weighted by atomic mass is 19.1. The van der Waals surface area contributed by atoms with Crippen LogP contribution in [0.15, 0.2) is 52.9 Å². The van der Waals surface area contributed by atoms with Crippen molar-refractivity contribution in [1.82, 2.24) is 9.88 Å². The number of aromatic nitrogens is 1. The molecule has 4 rings (SSSR count). The Morgan fingerprint density at radius 1 is 1.24 bits per heavy atom. The fourth-order valence-electron chi connectivity index (χ4n) is 3.81. The van der Waals surface area contributed by atoms with E-state index in [9.17, 15) is 9.18 Å². The van der Waals surface area contributed by atoms with Crippen LogP contribution in [-0.4, -0.2) is 36.1 Å². The van der Waals surface area contributed by atoms with E-state index in [-0.39, 0.29) is 17.7 Å².